The van der Waals surface area contributed by atoms with Crippen molar-refractivity contribution in [1.29, 1.82) is 0 Å². The maximum absolute atomic E-state index is 12.2. The number of para-hydroxylation sites is 1. The predicted molar refractivity (Wildman–Crippen MR) is 79.1 cm³/mol. The van der Waals surface area contributed by atoms with Crippen molar-refractivity contribution < 1.29 is 14.3 Å². The van der Waals surface area contributed by atoms with Gasteiger partial charge in [-0.1, -0.05) is 29.8 Å². The number of nitrogens with one attached hydrogen (secondary N) is 1. The second-order valence-corrected chi connectivity index (χ2v) is 5.55. The molecule has 1 atom stereocenters. The van der Waals surface area contributed by atoms with E-state index in [0.717, 1.165) is 16.8 Å². The second kappa shape index (κ2) is 4.67. The number of rotatable bonds is 2. The van der Waals surface area contributed by atoms with Crippen LogP contribution in [0.2, 0.25) is 5.02 Å². The molecule has 2 aliphatic rings. The fraction of sp³-hybridized carbons (Fsp3) is 0.188. The summed E-state index contributed by atoms with van der Waals surface area (Å²) in [5, 5.41) is 3.43. The summed E-state index contributed by atoms with van der Waals surface area (Å²) < 4.78 is 10.7. The smallest absolute Gasteiger partial charge is 0.232 e. The first kappa shape index (κ1) is 12.5. The van der Waals surface area contributed by atoms with Crippen LogP contribution in [-0.4, -0.2) is 12.7 Å². The lowest BCUT2D eigenvalue weighted by Gasteiger charge is -2.10. The van der Waals surface area contributed by atoms with Gasteiger partial charge in [-0.25, -0.2) is 0 Å². The number of ether oxygens (including phenoxy) is 2. The van der Waals surface area contributed by atoms with E-state index in [1.54, 1.807) is 0 Å². The quantitative estimate of drug-likeness (QED) is 0.925. The summed E-state index contributed by atoms with van der Waals surface area (Å²) in [6.45, 7) is 0.186. The highest BCUT2D eigenvalue weighted by Gasteiger charge is 2.31. The maximum atomic E-state index is 12.2. The van der Waals surface area contributed by atoms with Crippen LogP contribution in [0.5, 0.6) is 11.5 Å². The molecule has 4 rings (SSSR count). The van der Waals surface area contributed by atoms with E-state index < -0.39 is 0 Å². The average Bonchev–Trinajstić information content (AvgIpc) is 3.05. The topological polar surface area (TPSA) is 47.6 Å². The van der Waals surface area contributed by atoms with Crippen molar-refractivity contribution in [3.63, 3.8) is 0 Å². The summed E-state index contributed by atoms with van der Waals surface area (Å²) in [6, 6.07) is 11.5. The molecule has 0 unspecified atom stereocenters. The van der Waals surface area contributed by atoms with Gasteiger partial charge >= 0.3 is 0 Å². The van der Waals surface area contributed by atoms with Crippen LogP contribution in [0.3, 0.4) is 0 Å². The fourth-order valence-electron chi connectivity index (χ4n) is 2.85. The maximum Gasteiger partial charge on any atom is 0.232 e. The summed E-state index contributed by atoms with van der Waals surface area (Å²) in [6.07, 6.45) is 0.583. The lowest BCUT2D eigenvalue weighted by Crippen LogP contribution is -2.14. The van der Waals surface area contributed by atoms with Gasteiger partial charge in [-0.2, -0.15) is 0 Å². The van der Waals surface area contributed by atoms with E-state index >= 15 is 0 Å². The molecule has 0 spiro atoms. The Labute approximate surface area is 126 Å². The fourth-order valence-corrected chi connectivity index (χ4v) is 3.14. The molecule has 0 aliphatic carbocycles. The molecule has 2 aromatic rings. The number of hydrogen-bond donors (Lipinski definition) is 1. The third-order valence-electron chi connectivity index (χ3n) is 3.84. The number of benzene rings is 2. The van der Waals surface area contributed by atoms with Crippen LogP contribution < -0.4 is 14.8 Å². The molecule has 1 amide bonds. The lowest BCUT2D eigenvalue weighted by atomic mass is 9.93. The SMILES string of the molecule is O=C1Nc2ccccc2[C@@H]1Cc1cc(Cl)c2c(c1)OCO2. The molecular weight excluding hydrogens is 290 g/mol. The van der Waals surface area contributed by atoms with Crippen molar-refractivity contribution in [3.05, 3.63) is 52.5 Å². The van der Waals surface area contributed by atoms with Gasteiger partial charge in [0.25, 0.3) is 0 Å². The summed E-state index contributed by atoms with van der Waals surface area (Å²) in [5.41, 5.74) is 2.87. The molecule has 1 N–H and O–H groups in total. The largest absolute Gasteiger partial charge is 0.454 e. The molecule has 4 nitrogen and oxygen atoms in total. The Hall–Kier alpha value is -2.20. The zero-order chi connectivity index (χ0) is 14.4. The number of anilines is 1. The molecule has 0 fully saturated rings. The van der Waals surface area contributed by atoms with Crippen molar-refractivity contribution in [2.45, 2.75) is 12.3 Å². The van der Waals surface area contributed by atoms with Crippen molar-refractivity contribution in [3.8, 4) is 11.5 Å². The van der Waals surface area contributed by atoms with Gasteiger partial charge in [-0.3, -0.25) is 4.79 Å². The third kappa shape index (κ3) is 2.03. The number of hydrogen-bond acceptors (Lipinski definition) is 3. The lowest BCUT2D eigenvalue weighted by molar-refractivity contribution is -0.117. The van der Waals surface area contributed by atoms with Gasteiger partial charge in [0.15, 0.2) is 11.5 Å². The average molecular weight is 302 g/mol. The number of fused-ring (bicyclic) bond motifs is 2. The highest BCUT2D eigenvalue weighted by Crippen LogP contribution is 2.42. The van der Waals surface area contributed by atoms with Gasteiger partial charge < -0.3 is 14.8 Å². The van der Waals surface area contributed by atoms with Crippen LogP contribution in [0.25, 0.3) is 0 Å². The van der Waals surface area contributed by atoms with Gasteiger partial charge in [0.05, 0.1) is 10.9 Å². The van der Waals surface area contributed by atoms with Gasteiger partial charge in [-0.05, 0) is 35.7 Å². The van der Waals surface area contributed by atoms with Crippen LogP contribution in [0.15, 0.2) is 36.4 Å². The zero-order valence-corrected chi connectivity index (χ0v) is 11.8. The molecule has 0 saturated heterocycles. The molecule has 0 aromatic heterocycles. The first-order valence-electron chi connectivity index (χ1n) is 6.70. The standard InChI is InChI=1S/C16H12ClNO3/c17-12-6-9(7-14-15(12)21-8-20-14)5-11-10-3-1-2-4-13(10)18-16(11)19/h1-4,6-7,11H,5,8H2,(H,18,19)/t11-/m0/s1. The molecule has 0 saturated carbocycles. The number of halogens is 1. The van der Waals surface area contributed by atoms with Crippen LogP contribution in [-0.2, 0) is 11.2 Å². The molecular formula is C16H12ClNO3. The highest BCUT2D eigenvalue weighted by atomic mass is 35.5. The Morgan fingerprint density at radius 3 is 3.00 bits per heavy atom. The Morgan fingerprint density at radius 2 is 2.10 bits per heavy atom. The molecule has 0 radical (unpaired) electrons. The van der Waals surface area contributed by atoms with E-state index in [0.29, 0.717) is 22.9 Å². The van der Waals surface area contributed by atoms with Crippen LogP contribution in [0.4, 0.5) is 5.69 Å². The number of amides is 1. The summed E-state index contributed by atoms with van der Waals surface area (Å²) in [5.74, 6) is 1.04. The predicted octanol–water partition coefficient (Wildman–Crippen LogP) is 3.35. The van der Waals surface area contributed by atoms with Crippen molar-refractivity contribution >= 4 is 23.2 Å². The van der Waals surface area contributed by atoms with Crippen molar-refractivity contribution in [2.24, 2.45) is 0 Å². The first-order valence-corrected chi connectivity index (χ1v) is 7.08. The molecule has 0 bridgehead atoms. The van der Waals surface area contributed by atoms with E-state index in [1.807, 2.05) is 36.4 Å². The molecule has 106 valence electrons. The molecule has 5 heteroatoms. The monoisotopic (exact) mass is 301 g/mol. The van der Waals surface area contributed by atoms with Gasteiger partial charge in [0, 0.05) is 5.69 Å². The van der Waals surface area contributed by atoms with E-state index in [-0.39, 0.29) is 18.6 Å². The normalized spacial score (nSPS) is 18.5. The molecule has 2 aromatic carbocycles. The van der Waals surface area contributed by atoms with Gasteiger partial charge in [0.1, 0.15) is 0 Å². The van der Waals surface area contributed by atoms with Gasteiger partial charge in [-0.15, -0.1) is 0 Å². The van der Waals surface area contributed by atoms with Crippen molar-refractivity contribution in [1.82, 2.24) is 0 Å². The summed E-state index contributed by atoms with van der Waals surface area (Å²) >= 11 is 6.19. The van der Waals surface area contributed by atoms with Crippen molar-refractivity contribution in [2.75, 3.05) is 12.1 Å². The van der Waals surface area contributed by atoms with E-state index in [4.69, 9.17) is 21.1 Å². The van der Waals surface area contributed by atoms with Gasteiger partial charge in [0.2, 0.25) is 12.7 Å². The Morgan fingerprint density at radius 1 is 1.24 bits per heavy atom. The van der Waals surface area contributed by atoms with Crippen LogP contribution in [0, 0.1) is 0 Å². The minimum Gasteiger partial charge on any atom is -0.454 e. The Bertz CT molecular complexity index is 744. The molecule has 2 aliphatic heterocycles. The third-order valence-corrected chi connectivity index (χ3v) is 4.12. The second-order valence-electron chi connectivity index (χ2n) is 5.14. The highest BCUT2D eigenvalue weighted by molar-refractivity contribution is 6.32. The number of carbonyl (C=O) groups excluding carboxylic acids is 1. The minimum absolute atomic E-state index is 0.0185. The summed E-state index contributed by atoms with van der Waals surface area (Å²) in [4.78, 5) is 12.2. The summed E-state index contributed by atoms with van der Waals surface area (Å²) in [7, 11) is 0. The first-order chi connectivity index (χ1) is 10.2. The number of carbonyl (C=O) groups is 1. The Balaban J connectivity index is 1.68. The van der Waals surface area contributed by atoms with Crippen LogP contribution in [0.1, 0.15) is 17.0 Å². The van der Waals surface area contributed by atoms with Crippen LogP contribution >= 0.6 is 11.6 Å². The zero-order valence-electron chi connectivity index (χ0n) is 11.1. The van der Waals surface area contributed by atoms with E-state index in [2.05, 4.69) is 5.32 Å². The molecule has 2 heterocycles. The van der Waals surface area contributed by atoms with E-state index in [1.165, 1.54) is 0 Å². The molecule has 21 heavy (non-hydrogen) atoms. The van der Waals surface area contributed by atoms with E-state index in [9.17, 15) is 4.79 Å². The minimum atomic E-state index is -0.197. The Kier molecular flexibility index (Phi) is 2.79.